The molecule has 1 unspecified atom stereocenters. The van der Waals surface area contributed by atoms with Gasteiger partial charge in [0.05, 0.1) is 17.2 Å². The minimum atomic E-state index is -0.639. The standard InChI is InChI=1S/C13H14FNO2/c1-7-9-4-8(6-13(17)2-3-13)5-10(14)11(9)15-12(7)16/h4-5,7,17H,2-3,6H2,1H3,(H,15,16). The number of fused-ring (bicyclic) bond motifs is 1. The molecule has 3 rings (SSSR count). The topological polar surface area (TPSA) is 49.3 Å². The number of nitrogens with one attached hydrogen (secondary N) is 1. The zero-order valence-electron chi connectivity index (χ0n) is 9.59. The Hall–Kier alpha value is -1.42. The molecule has 0 spiro atoms. The monoisotopic (exact) mass is 235 g/mol. The van der Waals surface area contributed by atoms with Crippen LogP contribution in [0.3, 0.4) is 0 Å². The Bertz CT molecular complexity index is 508. The largest absolute Gasteiger partial charge is 0.390 e. The quantitative estimate of drug-likeness (QED) is 0.823. The number of halogens is 1. The average molecular weight is 235 g/mol. The van der Waals surface area contributed by atoms with Gasteiger partial charge in [-0.05, 0) is 37.0 Å². The Morgan fingerprint density at radius 1 is 1.53 bits per heavy atom. The molecule has 1 aliphatic carbocycles. The van der Waals surface area contributed by atoms with Crippen molar-refractivity contribution in [2.24, 2.45) is 0 Å². The van der Waals surface area contributed by atoms with Crippen LogP contribution >= 0.6 is 0 Å². The van der Waals surface area contributed by atoms with Gasteiger partial charge in [0.25, 0.3) is 0 Å². The molecule has 0 aromatic heterocycles. The van der Waals surface area contributed by atoms with E-state index >= 15 is 0 Å². The lowest BCUT2D eigenvalue weighted by Crippen LogP contribution is -2.11. The van der Waals surface area contributed by atoms with Gasteiger partial charge >= 0.3 is 0 Å². The molecule has 2 aliphatic rings. The van der Waals surface area contributed by atoms with Gasteiger partial charge in [-0.25, -0.2) is 4.39 Å². The van der Waals surface area contributed by atoms with Crippen LogP contribution in [0.5, 0.6) is 0 Å². The molecule has 0 radical (unpaired) electrons. The van der Waals surface area contributed by atoms with E-state index in [1.807, 2.05) is 6.07 Å². The van der Waals surface area contributed by atoms with Crippen LogP contribution in [0.2, 0.25) is 0 Å². The third-order valence-electron chi connectivity index (χ3n) is 3.65. The summed E-state index contributed by atoms with van der Waals surface area (Å²) in [6, 6.07) is 3.24. The Balaban J connectivity index is 1.99. The van der Waals surface area contributed by atoms with Crippen molar-refractivity contribution in [3.8, 4) is 0 Å². The van der Waals surface area contributed by atoms with Crippen LogP contribution in [0.1, 0.15) is 36.8 Å². The Labute approximate surface area is 98.6 Å². The maximum atomic E-state index is 13.8. The normalized spacial score (nSPS) is 24.4. The minimum Gasteiger partial charge on any atom is -0.390 e. The Morgan fingerprint density at radius 2 is 2.24 bits per heavy atom. The maximum Gasteiger partial charge on any atom is 0.231 e. The number of benzene rings is 1. The van der Waals surface area contributed by atoms with Crippen molar-refractivity contribution in [2.75, 3.05) is 5.32 Å². The van der Waals surface area contributed by atoms with Gasteiger partial charge in [-0.3, -0.25) is 4.79 Å². The number of carbonyl (C=O) groups is 1. The summed E-state index contributed by atoms with van der Waals surface area (Å²) >= 11 is 0. The first-order chi connectivity index (χ1) is 7.98. The predicted molar refractivity (Wildman–Crippen MR) is 61.3 cm³/mol. The summed E-state index contributed by atoms with van der Waals surface area (Å²) in [6.07, 6.45) is 2.02. The van der Waals surface area contributed by atoms with Crippen LogP contribution in [-0.2, 0) is 11.2 Å². The fourth-order valence-corrected chi connectivity index (χ4v) is 2.34. The average Bonchev–Trinajstić information content (AvgIpc) is 2.90. The molecule has 1 aromatic carbocycles. The van der Waals surface area contributed by atoms with Crippen LogP contribution in [0.15, 0.2) is 12.1 Å². The van der Waals surface area contributed by atoms with Crippen molar-refractivity contribution < 1.29 is 14.3 Å². The number of amides is 1. The molecule has 1 heterocycles. The van der Waals surface area contributed by atoms with Crippen molar-refractivity contribution in [1.29, 1.82) is 0 Å². The lowest BCUT2D eigenvalue weighted by Gasteiger charge is -2.10. The highest BCUT2D eigenvalue weighted by Gasteiger charge is 2.40. The van der Waals surface area contributed by atoms with Crippen LogP contribution < -0.4 is 5.32 Å². The van der Waals surface area contributed by atoms with Crippen molar-refractivity contribution in [3.05, 3.63) is 29.1 Å². The molecule has 0 bridgehead atoms. The van der Waals surface area contributed by atoms with E-state index in [9.17, 15) is 14.3 Å². The van der Waals surface area contributed by atoms with Gasteiger partial charge in [-0.1, -0.05) is 6.07 Å². The zero-order chi connectivity index (χ0) is 12.2. The third-order valence-corrected chi connectivity index (χ3v) is 3.65. The molecule has 2 N–H and O–H groups in total. The SMILES string of the molecule is CC1C(=O)Nc2c(F)cc(CC3(O)CC3)cc21. The van der Waals surface area contributed by atoms with Gasteiger partial charge in [0.15, 0.2) is 0 Å². The second-order valence-corrected chi connectivity index (χ2v) is 5.15. The molecule has 3 nitrogen and oxygen atoms in total. The first-order valence-electron chi connectivity index (χ1n) is 5.84. The second kappa shape index (κ2) is 3.29. The Kier molecular flexibility index (Phi) is 2.08. The summed E-state index contributed by atoms with van der Waals surface area (Å²) in [5.41, 5.74) is 1.13. The summed E-state index contributed by atoms with van der Waals surface area (Å²) in [4.78, 5) is 11.5. The number of carbonyl (C=O) groups excluding carboxylic acids is 1. The minimum absolute atomic E-state index is 0.166. The van der Waals surface area contributed by atoms with Crippen molar-refractivity contribution >= 4 is 11.6 Å². The predicted octanol–water partition coefficient (Wildman–Crippen LogP) is 1.95. The van der Waals surface area contributed by atoms with Crippen LogP contribution in [0, 0.1) is 5.82 Å². The fraction of sp³-hybridized carbons (Fsp3) is 0.462. The summed E-state index contributed by atoms with van der Waals surface area (Å²) in [5.74, 6) is -0.881. The second-order valence-electron chi connectivity index (χ2n) is 5.15. The van der Waals surface area contributed by atoms with E-state index in [2.05, 4.69) is 5.32 Å². The number of hydrogen-bond donors (Lipinski definition) is 2. The van der Waals surface area contributed by atoms with E-state index in [1.54, 1.807) is 6.92 Å². The first-order valence-corrected chi connectivity index (χ1v) is 5.84. The van der Waals surface area contributed by atoms with E-state index in [-0.39, 0.29) is 11.8 Å². The lowest BCUT2D eigenvalue weighted by molar-refractivity contribution is -0.116. The summed E-state index contributed by atoms with van der Waals surface area (Å²) in [6.45, 7) is 1.76. The van der Waals surface area contributed by atoms with E-state index in [0.29, 0.717) is 17.7 Å². The third kappa shape index (κ3) is 1.72. The van der Waals surface area contributed by atoms with Crippen molar-refractivity contribution in [2.45, 2.75) is 37.7 Å². The lowest BCUT2D eigenvalue weighted by atomic mass is 9.97. The molecule has 90 valence electrons. The smallest absolute Gasteiger partial charge is 0.231 e. The highest BCUT2D eigenvalue weighted by atomic mass is 19.1. The van der Waals surface area contributed by atoms with Crippen LogP contribution in [-0.4, -0.2) is 16.6 Å². The highest BCUT2D eigenvalue weighted by molar-refractivity contribution is 6.02. The Morgan fingerprint density at radius 3 is 2.88 bits per heavy atom. The van der Waals surface area contributed by atoms with E-state index in [0.717, 1.165) is 18.4 Å². The molecular weight excluding hydrogens is 221 g/mol. The molecular formula is C13H14FNO2. The molecule has 0 saturated heterocycles. The summed E-state index contributed by atoms with van der Waals surface area (Å²) in [7, 11) is 0. The molecule has 1 aromatic rings. The van der Waals surface area contributed by atoms with Gasteiger partial charge in [-0.2, -0.15) is 0 Å². The summed E-state index contributed by atoms with van der Waals surface area (Å²) < 4.78 is 13.8. The van der Waals surface area contributed by atoms with Crippen LogP contribution in [0.4, 0.5) is 10.1 Å². The van der Waals surface area contributed by atoms with Gasteiger partial charge in [0.1, 0.15) is 5.82 Å². The van der Waals surface area contributed by atoms with Gasteiger partial charge in [-0.15, -0.1) is 0 Å². The molecule has 1 saturated carbocycles. The van der Waals surface area contributed by atoms with E-state index in [1.165, 1.54) is 6.07 Å². The van der Waals surface area contributed by atoms with Crippen LogP contribution in [0.25, 0.3) is 0 Å². The molecule has 1 amide bonds. The summed E-state index contributed by atoms with van der Waals surface area (Å²) in [5, 5.41) is 12.4. The number of aliphatic hydroxyl groups is 1. The highest BCUT2D eigenvalue weighted by Crippen LogP contribution is 2.41. The number of anilines is 1. The van der Waals surface area contributed by atoms with E-state index < -0.39 is 11.4 Å². The number of hydrogen-bond acceptors (Lipinski definition) is 2. The zero-order valence-corrected chi connectivity index (χ0v) is 9.59. The van der Waals surface area contributed by atoms with Gasteiger partial charge in [0, 0.05) is 6.42 Å². The molecule has 1 atom stereocenters. The van der Waals surface area contributed by atoms with E-state index in [4.69, 9.17) is 0 Å². The molecule has 1 fully saturated rings. The van der Waals surface area contributed by atoms with Gasteiger partial charge in [0.2, 0.25) is 5.91 Å². The molecule has 1 aliphatic heterocycles. The van der Waals surface area contributed by atoms with Crippen molar-refractivity contribution in [1.82, 2.24) is 0 Å². The maximum absolute atomic E-state index is 13.8. The molecule has 4 heteroatoms. The number of rotatable bonds is 2. The first kappa shape index (κ1) is 10.7. The fourth-order valence-electron chi connectivity index (χ4n) is 2.34. The van der Waals surface area contributed by atoms with Gasteiger partial charge < -0.3 is 10.4 Å². The molecule has 17 heavy (non-hydrogen) atoms. The van der Waals surface area contributed by atoms with Crippen molar-refractivity contribution in [3.63, 3.8) is 0 Å².